The highest BCUT2D eigenvalue weighted by atomic mass is 16.5. The minimum atomic E-state index is -0.565. The molecule has 1 aliphatic carbocycles. The maximum atomic E-state index is 9.93. The molecular formula is C16H25NO3. The van der Waals surface area contributed by atoms with E-state index in [4.69, 9.17) is 4.74 Å². The van der Waals surface area contributed by atoms with Gasteiger partial charge in [0.1, 0.15) is 18.5 Å². The molecule has 0 bridgehead atoms. The lowest BCUT2D eigenvalue weighted by atomic mass is 9.92. The lowest BCUT2D eigenvalue weighted by Gasteiger charge is -2.29. The van der Waals surface area contributed by atoms with Crippen LogP contribution in [0.4, 0.5) is 0 Å². The van der Waals surface area contributed by atoms with E-state index in [1.807, 2.05) is 31.2 Å². The smallest absolute Gasteiger partial charge is 0.119 e. The van der Waals surface area contributed by atoms with E-state index in [-0.39, 0.29) is 18.8 Å². The molecule has 4 nitrogen and oxygen atoms in total. The molecule has 3 N–H and O–H groups in total. The summed E-state index contributed by atoms with van der Waals surface area (Å²) in [5.74, 6) is 0.779. The Bertz CT molecular complexity index is 410. The van der Waals surface area contributed by atoms with Crippen molar-refractivity contribution in [1.82, 2.24) is 5.32 Å². The summed E-state index contributed by atoms with van der Waals surface area (Å²) < 4.78 is 5.56. The van der Waals surface area contributed by atoms with E-state index in [9.17, 15) is 10.2 Å². The van der Waals surface area contributed by atoms with Crippen LogP contribution in [0.2, 0.25) is 0 Å². The van der Waals surface area contributed by atoms with Gasteiger partial charge in [-0.05, 0) is 37.5 Å². The van der Waals surface area contributed by atoms with Crippen molar-refractivity contribution in [2.45, 2.75) is 50.9 Å². The second-order valence-corrected chi connectivity index (χ2v) is 5.65. The molecule has 3 atom stereocenters. The molecule has 1 fully saturated rings. The standard InChI is InChI=1S/C16H25NO3/c1-12-5-4-6-14(9-12)20-11-13(18)10-17-15-7-2-3-8-16(15)19/h4-6,9,13,15-19H,2-3,7-8,10-11H2,1H3. The van der Waals surface area contributed by atoms with E-state index in [1.54, 1.807) is 0 Å². The van der Waals surface area contributed by atoms with E-state index in [2.05, 4.69) is 5.32 Å². The number of benzene rings is 1. The maximum Gasteiger partial charge on any atom is 0.119 e. The normalized spacial score (nSPS) is 24.4. The molecule has 4 heteroatoms. The summed E-state index contributed by atoms with van der Waals surface area (Å²) in [5.41, 5.74) is 1.14. The lowest BCUT2D eigenvalue weighted by molar-refractivity contribution is 0.0672. The Hall–Kier alpha value is -1.10. The van der Waals surface area contributed by atoms with E-state index in [0.29, 0.717) is 6.54 Å². The van der Waals surface area contributed by atoms with E-state index >= 15 is 0 Å². The average molecular weight is 279 g/mol. The molecule has 0 aliphatic heterocycles. The highest BCUT2D eigenvalue weighted by Gasteiger charge is 2.23. The third kappa shape index (κ3) is 4.78. The van der Waals surface area contributed by atoms with Crippen LogP contribution < -0.4 is 10.1 Å². The number of hydrogen-bond acceptors (Lipinski definition) is 4. The Labute approximate surface area is 120 Å². The van der Waals surface area contributed by atoms with E-state index < -0.39 is 6.10 Å². The minimum absolute atomic E-state index is 0.109. The fraction of sp³-hybridized carbons (Fsp3) is 0.625. The first-order valence-electron chi connectivity index (χ1n) is 7.44. The Morgan fingerprint density at radius 3 is 2.90 bits per heavy atom. The molecule has 20 heavy (non-hydrogen) atoms. The van der Waals surface area contributed by atoms with Crippen LogP contribution in [0, 0.1) is 6.92 Å². The van der Waals surface area contributed by atoms with Crippen molar-refractivity contribution < 1.29 is 14.9 Å². The van der Waals surface area contributed by atoms with Crippen LogP contribution >= 0.6 is 0 Å². The van der Waals surface area contributed by atoms with Crippen LogP contribution in [0.15, 0.2) is 24.3 Å². The van der Waals surface area contributed by atoms with Crippen LogP contribution in [0.1, 0.15) is 31.2 Å². The van der Waals surface area contributed by atoms with Crippen molar-refractivity contribution in [1.29, 1.82) is 0 Å². The number of aliphatic hydroxyl groups is 2. The predicted octanol–water partition coefficient (Wildman–Crippen LogP) is 1.63. The molecule has 2 rings (SSSR count). The van der Waals surface area contributed by atoms with Crippen LogP contribution in [-0.4, -0.2) is 41.6 Å². The predicted molar refractivity (Wildman–Crippen MR) is 78.9 cm³/mol. The molecular weight excluding hydrogens is 254 g/mol. The van der Waals surface area contributed by atoms with Crippen molar-refractivity contribution in [2.24, 2.45) is 0 Å². The number of ether oxygens (including phenoxy) is 1. The molecule has 1 saturated carbocycles. The molecule has 0 amide bonds. The van der Waals surface area contributed by atoms with Gasteiger partial charge in [0.15, 0.2) is 0 Å². The van der Waals surface area contributed by atoms with Gasteiger partial charge in [0, 0.05) is 12.6 Å². The molecule has 0 saturated heterocycles. The van der Waals surface area contributed by atoms with Crippen molar-refractivity contribution >= 4 is 0 Å². The number of aryl methyl sites for hydroxylation is 1. The largest absolute Gasteiger partial charge is 0.491 e. The minimum Gasteiger partial charge on any atom is -0.491 e. The first kappa shape index (κ1) is 15.3. The first-order valence-corrected chi connectivity index (χ1v) is 7.44. The number of nitrogens with one attached hydrogen (secondary N) is 1. The Morgan fingerprint density at radius 2 is 2.15 bits per heavy atom. The molecule has 0 heterocycles. The second kappa shape index (κ2) is 7.62. The van der Waals surface area contributed by atoms with Crippen LogP contribution in [-0.2, 0) is 0 Å². The molecule has 1 aromatic rings. The molecule has 112 valence electrons. The Kier molecular flexibility index (Phi) is 5.83. The van der Waals surface area contributed by atoms with Crippen LogP contribution in [0.3, 0.4) is 0 Å². The molecule has 3 unspecified atom stereocenters. The maximum absolute atomic E-state index is 9.93. The summed E-state index contributed by atoms with van der Waals surface area (Å²) >= 11 is 0. The fourth-order valence-corrected chi connectivity index (χ4v) is 2.59. The van der Waals surface area contributed by atoms with Gasteiger partial charge in [0.2, 0.25) is 0 Å². The topological polar surface area (TPSA) is 61.7 Å². The van der Waals surface area contributed by atoms with Crippen molar-refractivity contribution in [3.05, 3.63) is 29.8 Å². The van der Waals surface area contributed by atoms with Crippen LogP contribution in [0.5, 0.6) is 5.75 Å². The quantitative estimate of drug-likeness (QED) is 0.740. The summed E-state index contributed by atoms with van der Waals surface area (Å²) in [7, 11) is 0. The third-order valence-electron chi connectivity index (χ3n) is 3.78. The summed E-state index contributed by atoms with van der Waals surface area (Å²) in [6.45, 7) is 2.72. The van der Waals surface area contributed by atoms with Gasteiger partial charge >= 0.3 is 0 Å². The molecule has 0 aromatic heterocycles. The zero-order valence-electron chi connectivity index (χ0n) is 12.1. The van der Waals surface area contributed by atoms with Gasteiger partial charge in [-0.1, -0.05) is 25.0 Å². The summed E-state index contributed by atoms with van der Waals surface area (Å²) in [4.78, 5) is 0. The van der Waals surface area contributed by atoms with Gasteiger partial charge in [-0.3, -0.25) is 0 Å². The molecule has 1 aliphatic rings. The fourth-order valence-electron chi connectivity index (χ4n) is 2.59. The van der Waals surface area contributed by atoms with E-state index in [1.165, 1.54) is 0 Å². The van der Waals surface area contributed by atoms with Gasteiger partial charge in [-0.15, -0.1) is 0 Å². The number of rotatable bonds is 6. The summed E-state index contributed by atoms with van der Waals surface area (Å²) in [5, 5.41) is 23.0. The van der Waals surface area contributed by atoms with Gasteiger partial charge in [-0.25, -0.2) is 0 Å². The molecule has 0 spiro atoms. The third-order valence-corrected chi connectivity index (χ3v) is 3.78. The van der Waals surface area contributed by atoms with Gasteiger partial charge in [0.25, 0.3) is 0 Å². The van der Waals surface area contributed by atoms with E-state index in [0.717, 1.165) is 37.0 Å². The first-order chi connectivity index (χ1) is 9.65. The summed E-state index contributed by atoms with van der Waals surface area (Å²) in [6.07, 6.45) is 3.22. The highest BCUT2D eigenvalue weighted by Crippen LogP contribution is 2.18. The Morgan fingerprint density at radius 1 is 1.35 bits per heavy atom. The van der Waals surface area contributed by atoms with Gasteiger partial charge in [0.05, 0.1) is 6.10 Å². The zero-order valence-corrected chi connectivity index (χ0v) is 12.1. The Balaban J connectivity index is 1.68. The summed E-state index contributed by atoms with van der Waals surface area (Å²) in [6, 6.07) is 7.89. The van der Waals surface area contributed by atoms with Crippen LogP contribution in [0.25, 0.3) is 0 Å². The highest BCUT2D eigenvalue weighted by molar-refractivity contribution is 5.27. The SMILES string of the molecule is Cc1cccc(OCC(O)CNC2CCCCC2O)c1. The average Bonchev–Trinajstić information content (AvgIpc) is 2.44. The monoisotopic (exact) mass is 279 g/mol. The lowest BCUT2D eigenvalue weighted by Crippen LogP contribution is -2.45. The molecule has 1 aromatic carbocycles. The van der Waals surface area contributed by atoms with Gasteiger partial charge < -0.3 is 20.3 Å². The van der Waals surface area contributed by atoms with Crippen molar-refractivity contribution in [2.75, 3.05) is 13.2 Å². The molecule has 0 radical (unpaired) electrons. The zero-order chi connectivity index (χ0) is 14.4. The number of hydrogen-bond donors (Lipinski definition) is 3. The van der Waals surface area contributed by atoms with Crippen molar-refractivity contribution in [3.63, 3.8) is 0 Å². The number of aliphatic hydroxyl groups excluding tert-OH is 2. The van der Waals surface area contributed by atoms with Gasteiger partial charge in [-0.2, -0.15) is 0 Å². The second-order valence-electron chi connectivity index (χ2n) is 5.65. The van der Waals surface area contributed by atoms with Crippen molar-refractivity contribution in [3.8, 4) is 5.75 Å².